The van der Waals surface area contributed by atoms with Gasteiger partial charge in [-0.1, -0.05) is 64.2 Å². The summed E-state index contributed by atoms with van der Waals surface area (Å²) in [5.41, 5.74) is 0. The molecule has 0 aromatic carbocycles. The summed E-state index contributed by atoms with van der Waals surface area (Å²) in [4.78, 5) is 45.2. The fourth-order valence-corrected chi connectivity index (χ4v) is 3.41. The first-order chi connectivity index (χ1) is 15.4. The molecule has 1 atom stereocenters. The Morgan fingerprint density at radius 3 is 1.53 bits per heavy atom. The molecule has 0 saturated carbocycles. The number of carboxylic acids is 2. The topological polar surface area (TPSA) is 153 Å². The van der Waals surface area contributed by atoms with E-state index in [4.69, 9.17) is 10.2 Å². The molecule has 32 heavy (non-hydrogen) atoms. The molecular formula is C23H42N2O7. The summed E-state index contributed by atoms with van der Waals surface area (Å²) in [7, 11) is 0. The van der Waals surface area contributed by atoms with Crippen LogP contribution in [0.2, 0.25) is 0 Å². The summed E-state index contributed by atoms with van der Waals surface area (Å²) in [5, 5.41) is 31.4. The Bertz CT molecular complexity index is 540. The first-order valence-corrected chi connectivity index (χ1v) is 12.0. The van der Waals surface area contributed by atoms with Crippen molar-refractivity contribution in [3.05, 3.63) is 0 Å². The molecule has 0 aliphatic heterocycles. The molecule has 186 valence electrons. The lowest BCUT2D eigenvalue weighted by Crippen LogP contribution is -2.41. The zero-order chi connectivity index (χ0) is 24.0. The van der Waals surface area contributed by atoms with E-state index in [-0.39, 0.29) is 50.6 Å². The molecular weight excluding hydrogens is 416 g/mol. The predicted octanol–water partition coefficient (Wildman–Crippen LogP) is 2.99. The molecule has 0 spiro atoms. The smallest absolute Gasteiger partial charge is 0.326 e. The highest BCUT2D eigenvalue weighted by molar-refractivity contribution is 5.84. The van der Waals surface area contributed by atoms with Gasteiger partial charge in [0.05, 0.1) is 6.61 Å². The molecule has 0 heterocycles. The highest BCUT2D eigenvalue weighted by Gasteiger charge is 2.20. The lowest BCUT2D eigenvalue weighted by Gasteiger charge is -2.14. The van der Waals surface area contributed by atoms with Crippen LogP contribution in [0.15, 0.2) is 0 Å². The third-order valence-corrected chi connectivity index (χ3v) is 5.27. The van der Waals surface area contributed by atoms with Crippen molar-refractivity contribution in [2.24, 2.45) is 0 Å². The number of aliphatic carboxylic acids is 2. The Balaban J connectivity index is 3.61. The third-order valence-electron chi connectivity index (χ3n) is 5.27. The van der Waals surface area contributed by atoms with Gasteiger partial charge in [0.1, 0.15) is 6.04 Å². The Morgan fingerprint density at radius 1 is 0.625 bits per heavy atom. The lowest BCUT2D eigenvalue weighted by atomic mass is 10.0. The molecule has 0 aliphatic carbocycles. The largest absolute Gasteiger partial charge is 0.481 e. The normalized spacial score (nSPS) is 11.7. The summed E-state index contributed by atoms with van der Waals surface area (Å²) in [6.07, 6.45) is 13.2. The summed E-state index contributed by atoms with van der Waals surface area (Å²) >= 11 is 0. The molecule has 0 aliphatic rings. The maximum Gasteiger partial charge on any atom is 0.326 e. The van der Waals surface area contributed by atoms with Gasteiger partial charge in [0.25, 0.3) is 0 Å². The van der Waals surface area contributed by atoms with E-state index in [0.717, 1.165) is 38.5 Å². The van der Waals surface area contributed by atoms with Crippen LogP contribution >= 0.6 is 0 Å². The van der Waals surface area contributed by atoms with Gasteiger partial charge < -0.3 is 26.0 Å². The van der Waals surface area contributed by atoms with Gasteiger partial charge >= 0.3 is 11.9 Å². The van der Waals surface area contributed by atoms with Crippen molar-refractivity contribution in [2.75, 3.05) is 13.2 Å². The number of carbonyl (C=O) groups excluding carboxylic acids is 2. The number of hydrogen-bond acceptors (Lipinski definition) is 5. The number of carbonyl (C=O) groups is 4. The molecule has 0 unspecified atom stereocenters. The van der Waals surface area contributed by atoms with Crippen molar-refractivity contribution >= 4 is 23.8 Å². The number of amides is 2. The van der Waals surface area contributed by atoms with Gasteiger partial charge in [0.15, 0.2) is 0 Å². The fraction of sp³-hybridized carbons (Fsp3) is 0.826. The molecule has 0 bridgehead atoms. The second kappa shape index (κ2) is 20.7. The second-order valence-electron chi connectivity index (χ2n) is 8.21. The van der Waals surface area contributed by atoms with Crippen LogP contribution in [0.4, 0.5) is 0 Å². The first-order valence-electron chi connectivity index (χ1n) is 12.0. The monoisotopic (exact) mass is 458 g/mol. The zero-order valence-electron chi connectivity index (χ0n) is 19.3. The van der Waals surface area contributed by atoms with Crippen molar-refractivity contribution in [1.29, 1.82) is 0 Å². The minimum Gasteiger partial charge on any atom is -0.481 e. The maximum atomic E-state index is 12.0. The predicted molar refractivity (Wildman–Crippen MR) is 121 cm³/mol. The SMILES string of the molecule is O=C(O)CCCCCCCCCCCCCCC(=O)N[C@@H](CCC(=O)NCCO)C(=O)O. The molecule has 5 N–H and O–H groups in total. The fourth-order valence-electron chi connectivity index (χ4n) is 3.41. The number of aliphatic hydroxyl groups excluding tert-OH is 1. The van der Waals surface area contributed by atoms with Crippen molar-refractivity contribution < 1.29 is 34.5 Å². The number of hydrogen-bond donors (Lipinski definition) is 5. The molecule has 0 aromatic rings. The van der Waals surface area contributed by atoms with Crippen molar-refractivity contribution in [1.82, 2.24) is 10.6 Å². The standard InChI is InChI=1S/C23H42N2O7/c26-18-17-24-20(27)16-15-19(23(31)32)25-21(28)13-11-9-7-5-3-1-2-4-6-8-10-12-14-22(29)30/h19,26H,1-18H2,(H,24,27)(H,25,28)(H,29,30)(H,31,32)/t19-/m0/s1. The van der Waals surface area contributed by atoms with E-state index in [0.29, 0.717) is 6.42 Å². The highest BCUT2D eigenvalue weighted by Crippen LogP contribution is 2.13. The lowest BCUT2D eigenvalue weighted by molar-refractivity contribution is -0.142. The summed E-state index contributed by atoms with van der Waals surface area (Å²) in [6, 6.07) is -1.08. The molecule has 0 aromatic heterocycles. The van der Waals surface area contributed by atoms with Gasteiger partial charge in [0, 0.05) is 25.8 Å². The van der Waals surface area contributed by atoms with E-state index in [2.05, 4.69) is 10.6 Å². The van der Waals surface area contributed by atoms with Crippen LogP contribution in [0.25, 0.3) is 0 Å². The van der Waals surface area contributed by atoms with Crippen LogP contribution in [-0.2, 0) is 19.2 Å². The Hall–Kier alpha value is -2.16. The molecule has 0 radical (unpaired) electrons. The van der Waals surface area contributed by atoms with Gasteiger partial charge in [-0.05, 0) is 19.3 Å². The molecule has 9 heteroatoms. The summed E-state index contributed by atoms with van der Waals surface area (Å²) in [5.74, 6) is -2.54. The van der Waals surface area contributed by atoms with E-state index in [1.807, 2.05) is 0 Å². The maximum absolute atomic E-state index is 12.0. The average Bonchev–Trinajstić information content (AvgIpc) is 2.74. The quantitative estimate of drug-likeness (QED) is 0.156. The number of aliphatic hydroxyl groups is 1. The van der Waals surface area contributed by atoms with Crippen molar-refractivity contribution in [2.45, 2.75) is 109 Å². The van der Waals surface area contributed by atoms with Crippen LogP contribution < -0.4 is 10.6 Å². The van der Waals surface area contributed by atoms with E-state index < -0.39 is 18.0 Å². The highest BCUT2D eigenvalue weighted by atomic mass is 16.4. The second-order valence-corrected chi connectivity index (χ2v) is 8.21. The van der Waals surface area contributed by atoms with Crippen molar-refractivity contribution in [3.63, 3.8) is 0 Å². The number of nitrogens with one attached hydrogen (secondary N) is 2. The van der Waals surface area contributed by atoms with Crippen LogP contribution in [0.5, 0.6) is 0 Å². The molecule has 2 amide bonds. The average molecular weight is 459 g/mol. The van der Waals surface area contributed by atoms with Gasteiger partial charge in [-0.3, -0.25) is 14.4 Å². The van der Waals surface area contributed by atoms with Crippen LogP contribution in [0.3, 0.4) is 0 Å². The van der Waals surface area contributed by atoms with Gasteiger partial charge in [-0.2, -0.15) is 0 Å². The van der Waals surface area contributed by atoms with Gasteiger partial charge in [0.2, 0.25) is 11.8 Å². The number of rotatable bonds is 22. The molecule has 9 nitrogen and oxygen atoms in total. The van der Waals surface area contributed by atoms with Gasteiger partial charge in [-0.15, -0.1) is 0 Å². The Labute approximate surface area is 191 Å². The Kier molecular flexibility index (Phi) is 19.3. The van der Waals surface area contributed by atoms with Crippen LogP contribution in [0.1, 0.15) is 103 Å². The minimum absolute atomic E-state index is 0.0146. The van der Waals surface area contributed by atoms with Crippen LogP contribution in [-0.4, -0.2) is 58.3 Å². The van der Waals surface area contributed by atoms with Crippen LogP contribution in [0, 0.1) is 0 Å². The first kappa shape index (κ1) is 29.8. The number of unbranched alkanes of at least 4 members (excludes halogenated alkanes) is 11. The minimum atomic E-state index is -1.16. The van der Waals surface area contributed by atoms with Gasteiger partial charge in [-0.25, -0.2) is 4.79 Å². The third kappa shape index (κ3) is 19.8. The molecule has 0 rings (SSSR count). The van der Waals surface area contributed by atoms with E-state index in [9.17, 15) is 24.3 Å². The molecule has 0 saturated heterocycles. The zero-order valence-corrected chi connectivity index (χ0v) is 19.3. The summed E-state index contributed by atoms with van der Waals surface area (Å²) < 4.78 is 0. The molecule has 0 fully saturated rings. The van der Waals surface area contributed by atoms with Crippen molar-refractivity contribution in [3.8, 4) is 0 Å². The van der Waals surface area contributed by atoms with E-state index in [1.165, 1.54) is 32.1 Å². The summed E-state index contributed by atoms with van der Waals surface area (Å²) in [6.45, 7) is -0.0540. The Morgan fingerprint density at radius 2 is 1.09 bits per heavy atom. The van der Waals surface area contributed by atoms with E-state index >= 15 is 0 Å². The number of carboxylic acid groups (broad SMARTS) is 2. The van der Waals surface area contributed by atoms with E-state index in [1.54, 1.807) is 0 Å².